The van der Waals surface area contributed by atoms with Crippen LogP contribution in [0.25, 0.3) is 0 Å². The third-order valence-corrected chi connectivity index (χ3v) is 4.55. The van der Waals surface area contributed by atoms with E-state index in [2.05, 4.69) is 12.0 Å². The average Bonchev–Trinajstić information content (AvgIpc) is 3.33. The molecule has 0 unspecified atom stereocenters. The summed E-state index contributed by atoms with van der Waals surface area (Å²) >= 11 is 0. The van der Waals surface area contributed by atoms with Gasteiger partial charge in [0.2, 0.25) is 5.72 Å². The molecule has 1 aliphatic heterocycles. The lowest BCUT2D eigenvalue weighted by Crippen LogP contribution is -2.51. The number of aliphatic hydroxyl groups is 1. The maximum absolute atomic E-state index is 13.3. The summed E-state index contributed by atoms with van der Waals surface area (Å²) in [5.41, 5.74) is -3.00. The van der Waals surface area contributed by atoms with E-state index in [4.69, 9.17) is 9.15 Å². The number of hydrogen-bond donors (Lipinski definition) is 1. The Morgan fingerprint density at radius 2 is 1.93 bits per heavy atom. The fraction of sp³-hybridized carbons (Fsp3) is 0.400. The van der Waals surface area contributed by atoms with Crippen molar-refractivity contribution in [1.82, 2.24) is 5.01 Å². The highest BCUT2D eigenvalue weighted by atomic mass is 19.3. The molecule has 0 spiro atoms. The van der Waals surface area contributed by atoms with Gasteiger partial charge in [0.25, 0.3) is 12.9 Å². The molecule has 0 saturated carbocycles. The Bertz CT molecular complexity index is 914. The van der Waals surface area contributed by atoms with Crippen LogP contribution in [0.1, 0.15) is 41.6 Å². The maximum atomic E-state index is 13.3. The number of hydrazone groups is 1. The van der Waals surface area contributed by atoms with Crippen LogP contribution in [0, 0.1) is 0 Å². The molecule has 10 heteroatoms. The highest BCUT2D eigenvalue weighted by Crippen LogP contribution is 2.34. The van der Waals surface area contributed by atoms with Crippen molar-refractivity contribution in [3.05, 3.63) is 53.5 Å². The van der Waals surface area contributed by atoms with Crippen molar-refractivity contribution in [1.29, 1.82) is 0 Å². The molecule has 1 amide bonds. The van der Waals surface area contributed by atoms with Crippen molar-refractivity contribution >= 4 is 11.6 Å². The number of rotatable bonds is 8. The van der Waals surface area contributed by atoms with Crippen LogP contribution in [-0.4, -0.2) is 40.3 Å². The number of benzene rings is 1. The number of alkyl halides is 4. The maximum Gasteiger partial charge on any atom is 0.312 e. The quantitative estimate of drug-likeness (QED) is 0.639. The summed E-state index contributed by atoms with van der Waals surface area (Å²) in [5.74, 6) is -0.931. The Morgan fingerprint density at radius 3 is 2.53 bits per heavy atom. The molecule has 30 heavy (non-hydrogen) atoms. The van der Waals surface area contributed by atoms with Gasteiger partial charge in [-0.1, -0.05) is 25.5 Å². The smallest absolute Gasteiger partial charge is 0.312 e. The first kappa shape index (κ1) is 21.8. The molecule has 1 N–H and O–H groups in total. The van der Waals surface area contributed by atoms with Gasteiger partial charge in [0.05, 0.1) is 0 Å². The molecule has 6 nitrogen and oxygen atoms in total. The van der Waals surface area contributed by atoms with Gasteiger partial charge in [-0.25, -0.2) is 17.6 Å². The van der Waals surface area contributed by atoms with E-state index < -0.39 is 42.4 Å². The first-order chi connectivity index (χ1) is 14.2. The number of ether oxygens (including phenoxy) is 1. The molecule has 3 rings (SSSR count). The predicted molar refractivity (Wildman–Crippen MR) is 98.7 cm³/mol. The molecular formula is C20H20F4N2O4. The molecule has 0 bridgehead atoms. The van der Waals surface area contributed by atoms with E-state index in [1.165, 1.54) is 12.1 Å². The van der Waals surface area contributed by atoms with Crippen molar-refractivity contribution in [2.24, 2.45) is 5.10 Å². The first-order valence-electron chi connectivity index (χ1n) is 9.25. The number of carbonyl (C=O) groups excluding carboxylic acids is 1. The molecule has 0 aliphatic carbocycles. The van der Waals surface area contributed by atoms with Gasteiger partial charge >= 0.3 is 5.91 Å². The Morgan fingerprint density at radius 1 is 1.23 bits per heavy atom. The molecule has 0 radical (unpaired) electrons. The second-order valence-electron chi connectivity index (χ2n) is 6.81. The summed E-state index contributed by atoms with van der Waals surface area (Å²) < 4.78 is 63.1. The minimum absolute atomic E-state index is 0.0465. The van der Waals surface area contributed by atoms with E-state index in [1.807, 2.05) is 12.1 Å². The highest BCUT2D eigenvalue weighted by Gasteiger charge is 2.53. The number of furan rings is 1. The standard InChI is InChI=1S/C20H20F4N2O4/c1-2-3-12-4-6-13(7-5-12)29-11-14-8-9-16(30-14)18(27)26-20(28,19(23)24)10-15(25-26)17(21)22/h4-9,17,19,28H,2-3,10-11H2,1H3/t20-/m1/s1. The summed E-state index contributed by atoms with van der Waals surface area (Å²) in [6.45, 7) is 2.02. The van der Waals surface area contributed by atoms with E-state index in [-0.39, 0.29) is 17.4 Å². The molecule has 1 aromatic carbocycles. The molecular weight excluding hydrogens is 408 g/mol. The third-order valence-electron chi connectivity index (χ3n) is 4.55. The molecule has 1 aromatic heterocycles. The van der Waals surface area contributed by atoms with E-state index in [9.17, 15) is 27.5 Å². The van der Waals surface area contributed by atoms with Crippen molar-refractivity contribution < 1.29 is 36.6 Å². The lowest BCUT2D eigenvalue weighted by atomic mass is 10.1. The fourth-order valence-electron chi connectivity index (χ4n) is 2.97. The summed E-state index contributed by atoms with van der Waals surface area (Å²) in [4.78, 5) is 12.5. The second-order valence-corrected chi connectivity index (χ2v) is 6.81. The topological polar surface area (TPSA) is 75.3 Å². The minimum Gasteiger partial charge on any atom is -0.486 e. The first-order valence-corrected chi connectivity index (χ1v) is 9.25. The number of aryl methyl sites for hydroxylation is 1. The number of nitrogens with zero attached hydrogens (tertiary/aromatic N) is 2. The van der Waals surface area contributed by atoms with Crippen LogP contribution in [0.2, 0.25) is 0 Å². The summed E-state index contributed by atoms with van der Waals surface area (Å²) in [7, 11) is 0. The monoisotopic (exact) mass is 428 g/mol. The zero-order valence-corrected chi connectivity index (χ0v) is 16.0. The molecule has 0 fully saturated rings. The summed E-state index contributed by atoms with van der Waals surface area (Å²) in [5, 5.41) is 13.2. The molecule has 1 atom stereocenters. The minimum atomic E-state index is -3.50. The molecule has 2 heterocycles. The fourth-order valence-corrected chi connectivity index (χ4v) is 2.97. The number of hydrogen-bond acceptors (Lipinski definition) is 5. The van der Waals surface area contributed by atoms with Crippen molar-refractivity contribution in [3.8, 4) is 5.75 Å². The predicted octanol–water partition coefficient (Wildman–Crippen LogP) is 4.23. The van der Waals surface area contributed by atoms with Gasteiger partial charge in [0, 0.05) is 6.42 Å². The van der Waals surface area contributed by atoms with E-state index in [1.54, 1.807) is 12.1 Å². The van der Waals surface area contributed by atoms with E-state index >= 15 is 0 Å². The summed E-state index contributed by atoms with van der Waals surface area (Å²) in [6, 6.07) is 9.97. The van der Waals surface area contributed by atoms with Crippen LogP contribution >= 0.6 is 0 Å². The number of halogens is 4. The molecule has 2 aromatic rings. The van der Waals surface area contributed by atoms with Crippen molar-refractivity contribution in [3.63, 3.8) is 0 Å². The second kappa shape index (κ2) is 8.86. The normalized spacial score (nSPS) is 18.9. The van der Waals surface area contributed by atoms with Gasteiger partial charge in [-0.3, -0.25) is 4.79 Å². The zero-order chi connectivity index (χ0) is 21.9. The third kappa shape index (κ3) is 4.48. The van der Waals surface area contributed by atoms with Gasteiger partial charge in [0.15, 0.2) is 5.76 Å². The zero-order valence-electron chi connectivity index (χ0n) is 16.0. The largest absolute Gasteiger partial charge is 0.486 e. The van der Waals surface area contributed by atoms with E-state index in [0.29, 0.717) is 5.75 Å². The van der Waals surface area contributed by atoms with Gasteiger partial charge in [-0.15, -0.1) is 0 Å². The Hall–Kier alpha value is -2.88. The van der Waals surface area contributed by atoms with Crippen LogP contribution in [-0.2, 0) is 13.0 Å². The average molecular weight is 428 g/mol. The molecule has 162 valence electrons. The number of carbonyl (C=O) groups is 1. The van der Waals surface area contributed by atoms with Gasteiger partial charge in [0.1, 0.15) is 23.8 Å². The number of amides is 1. The van der Waals surface area contributed by atoms with Gasteiger partial charge in [-0.05, 0) is 36.2 Å². The van der Waals surface area contributed by atoms with Crippen LogP contribution in [0.5, 0.6) is 5.75 Å². The van der Waals surface area contributed by atoms with Gasteiger partial charge in [-0.2, -0.15) is 10.1 Å². The van der Waals surface area contributed by atoms with E-state index in [0.717, 1.165) is 18.4 Å². The Labute approximate surface area is 169 Å². The lowest BCUT2D eigenvalue weighted by molar-refractivity contribution is -0.164. The SMILES string of the molecule is CCCc1ccc(OCc2ccc(C(=O)N3N=C(C(F)F)C[C@@]3(O)C(F)F)o2)cc1. The lowest BCUT2D eigenvalue weighted by Gasteiger charge is -2.29. The van der Waals surface area contributed by atoms with Crippen LogP contribution in [0.3, 0.4) is 0 Å². The molecule has 0 saturated heterocycles. The van der Waals surface area contributed by atoms with Crippen molar-refractivity contribution in [2.75, 3.05) is 0 Å². The Balaban J connectivity index is 1.69. The summed E-state index contributed by atoms with van der Waals surface area (Å²) in [6.07, 6.45) is -5.88. The van der Waals surface area contributed by atoms with Crippen LogP contribution in [0.15, 0.2) is 45.9 Å². The van der Waals surface area contributed by atoms with Crippen LogP contribution < -0.4 is 4.74 Å². The van der Waals surface area contributed by atoms with Crippen LogP contribution in [0.4, 0.5) is 17.6 Å². The Kier molecular flexibility index (Phi) is 6.45. The highest BCUT2D eigenvalue weighted by molar-refractivity contribution is 5.97. The van der Waals surface area contributed by atoms with Crippen molar-refractivity contribution in [2.45, 2.75) is 51.4 Å². The molecule has 1 aliphatic rings. The van der Waals surface area contributed by atoms with Gasteiger partial charge < -0.3 is 14.3 Å².